The largest absolute Gasteiger partial charge is 0.481 e. The first-order valence-electron chi connectivity index (χ1n) is 6.32. The number of para-hydroxylation sites is 1. The van der Waals surface area contributed by atoms with Gasteiger partial charge in [-0.05, 0) is 18.7 Å². The van der Waals surface area contributed by atoms with Gasteiger partial charge in [0, 0.05) is 24.7 Å². The second kappa shape index (κ2) is 5.80. The predicted octanol–water partition coefficient (Wildman–Crippen LogP) is 2.39. The van der Waals surface area contributed by atoms with E-state index in [-0.39, 0.29) is 5.92 Å². The Morgan fingerprint density at radius 2 is 2.11 bits per heavy atom. The van der Waals surface area contributed by atoms with E-state index in [4.69, 9.17) is 5.11 Å². The number of fused-ring (bicyclic) bond motifs is 1. The van der Waals surface area contributed by atoms with Gasteiger partial charge in [-0.1, -0.05) is 31.2 Å². The number of rotatable bonds is 5. The van der Waals surface area contributed by atoms with Crippen LogP contribution in [0.5, 0.6) is 0 Å². The lowest BCUT2D eigenvalue weighted by atomic mass is 10.1. The van der Waals surface area contributed by atoms with Crippen LogP contribution < -0.4 is 0 Å². The zero-order chi connectivity index (χ0) is 13.8. The summed E-state index contributed by atoms with van der Waals surface area (Å²) in [5, 5.41) is 10.0. The number of hydrogen-bond donors (Lipinski definition) is 1. The fourth-order valence-electron chi connectivity index (χ4n) is 2.20. The third-order valence-corrected chi connectivity index (χ3v) is 3.16. The molecule has 0 saturated carbocycles. The Morgan fingerprint density at radius 3 is 2.84 bits per heavy atom. The number of carboxylic acids is 1. The highest BCUT2D eigenvalue weighted by molar-refractivity contribution is 5.81. The first kappa shape index (κ1) is 13.5. The standard InChI is InChI=1S/C15H18N2O2/c1-11(15(18)19)9-17(2)10-13-6-3-5-12-7-4-8-16-14(12)13/h3-8,11H,9-10H2,1-2H3,(H,18,19). The minimum absolute atomic E-state index is 0.368. The molecule has 0 saturated heterocycles. The van der Waals surface area contributed by atoms with E-state index in [1.165, 1.54) is 0 Å². The lowest BCUT2D eigenvalue weighted by Crippen LogP contribution is -2.28. The van der Waals surface area contributed by atoms with Gasteiger partial charge < -0.3 is 10.0 Å². The minimum atomic E-state index is -0.761. The van der Waals surface area contributed by atoms with Crippen LogP contribution in [0.2, 0.25) is 0 Å². The quantitative estimate of drug-likeness (QED) is 0.894. The molecule has 2 rings (SSSR count). The molecule has 0 aliphatic heterocycles. The summed E-state index contributed by atoms with van der Waals surface area (Å²) >= 11 is 0. The zero-order valence-corrected chi connectivity index (χ0v) is 11.2. The van der Waals surface area contributed by atoms with Crippen molar-refractivity contribution in [2.24, 2.45) is 5.92 Å². The molecule has 4 nitrogen and oxygen atoms in total. The van der Waals surface area contributed by atoms with E-state index in [0.29, 0.717) is 13.1 Å². The molecule has 0 aliphatic rings. The van der Waals surface area contributed by atoms with Crippen LogP contribution in [-0.2, 0) is 11.3 Å². The van der Waals surface area contributed by atoms with Crippen LogP contribution in [0.4, 0.5) is 0 Å². The van der Waals surface area contributed by atoms with Crippen LogP contribution in [-0.4, -0.2) is 34.6 Å². The summed E-state index contributed by atoms with van der Waals surface area (Å²) in [6, 6.07) is 10.0. The summed E-state index contributed by atoms with van der Waals surface area (Å²) in [5.41, 5.74) is 2.11. The van der Waals surface area contributed by atoms with Crippen LogP contribution in [0.15, 0.2) is 36.5 Å². The van der Waals surface area contributed by atoms with E-state index in [9.17, 15) is 4.79 Å². The predicted molar refractivity (Wildman–Crippen MR) is 74.9 cm³/mol. The normalized spacial score (nSPS) is 12.8. The molecule has 1 atom stereocenters. The third-order valence-electron chi connectivity index (χ3n) is 3.16. The summed E-state index contributed by atoms with van der Waals surface area (Å²) in [7, 11) is 1.93. The molecule has 100 valence electrons. The molecule has 19 heavy (non-hydrogen) atoms. The molecule has 0 radical (unpaired) electrons. The number of aliphatic carboxylic acids is 1. The molecule has 1 unspecified atom stereocenters. The van der Waals surface area contributed by atoms with Gasteiger partial charge in [-0.25, -0.2) is 0 Å². The molecule has 0 aliphatic carbocycles. The topological polar surface area (TPSA) is 53.4 Å². The van der Waals surface area contributed by atoms with Gasteiger partial charge in [-0.3, -0.25) is 9.78 Å². The highest BCUT2D eigenvalue weighted by atomic mass is 16.4. The molecular weight excluding hydrogens is 240 g/mol. The van der Waals surface area contributed by atoms with E-state index in [1.54, 1.807) is 13.1 Å². The maximum atomic E-state index is 10.9. The van der Waals surface area contributed by atoms with E-state index >= 15 is 0 Å². The first-order chi connectivity index (χ1) is 9.08. The van der Waals surface area contributed by atoms with Crippen LogP contribution in [0.3, 0.4) is 0 Å². The summed E-state index contributed by atoms with van der Waals surface area (Å²) in [4.78, 5) is 17.3. The molecular formula is C15H18N2O2. The Balaban J connectivity index is 2.15. The number of carboxylic acid groups (broad SMARTS) is 1. The fourth-order valence-corrected chi connectivity index (χ4v) is 2.20. The molecule has 0 amide bonds. The molecule has 1 aromatic carbocycles. The summed E-state index contributed by atoms with van der Waals surface area (Å²) < 4.78 is 0. The van der Waals surface area contributed by atoms with Crippen LogP contribution in [0.1, 0.15) is 12.5 Å². The minimum Gasteiger partial charge on any atom is -0.481 e. The molecule has 4 heteroatoms. The SMILES string of the molecule is CC(CN(C)Cc1cccc2cccnc12)C(=O)O. The van der Waals surface area contributed by atoms with Crippen molar-refractivity contribution in [2.45, 2.75) is 13.5 Å². The number of nitrogens with zero attached hydrogens (tertiary/aromatic N) is 2. The van der Waals surface area contributed by atoms with Gasteiger partial charge >= 0.3 is 5.97 Å². The average Bonchev–Trinajstić information content (AvgIpc) is 2.39. The average molecular weight is 258 g/mol. The van der Waals surface area contributed by atoms with E-state index in [1.807, 2.05) is 42.3 Å². The molecule has 2 aromatic rings. The highest BCUT2D eigenvalue weighted by Crippen LogP contribution is 2.17. The van der Waals surface area contributed by atoms with Crippen LogP contribution in [0.25, 0.3) is 10.9 Å². The maximum Gasteiger partial charge on any atom is 0.307 e. The Hall–Kier alpha value is -1.94. The molecule has 0 fully saturated rings. The van der Waals surface area contributed by atoms with Crippen molar-refractivity contribution in [1.82, 2.24) is 9.88 Å². The van der Waals surface area contributed by atoms with Crippen molar-refractivity contribution in [2.75, 3.05) is 13.6 Å². The van der Waals surface area contributed by atoms with Crippen molar-refractivity contribution in [3.05, 3.63) is 42.1 Å². The Labute approximate surface area is 112 Å². The van der Waals surface area contributed by atoms with E-state index < -0.39 is 5.97 Å². The first-order valence-corrected chi connectivity index (χ1v) is 6.32. The zero-order valence-electron chi connectivity index (χ0n) is 11.2. The van der Waals surface area contributed by atoms with Gasteiger partial charge in [-0.15, -0.1) is 0 Å². The van der Waals surface area contributed by atoms with Gasteiger partial charge in [0.1, 0.15) is 0 Å². The van der Waals surface area contributed by atoms with Crippen molar-refractivity contribution < 1.29 is 9.90 Å². The number of hydrogen-bond acceptors (Lipinski definition) is 3. The van der Waals surface area contributed by atoms with Gasteiger partial charge in [0.05, 0.1) is 11.4 Å². The molecule has 0 spiro atoms. The van der Waals surface area contributed by atoms with Crippen molar-refractivity contribution in [1.29, 1.82) is 0 Å². The smallest absolute Gasteiger partial charge is 0.307 e. The lowest BCUT2D eigenvalue weighted by Gasteiger charge is -2.19. The van der Waals surface area contributed by atoms with Gasteiger partial charge in [0.25, 0.3) is 0 Å². The second-order valence-corrected chi connectivity index (χ2v) is 4.93. The lowest BCUT2D eigenvalue weighted by molar-refractivity contribution is -0.141. The third kappa shape index (κ3) is 3.29. The van der Waals surface area contributed by atoms with Crippen molar-refractivity contribution >= 4 is 16.9 Å². The van der Waals surface area contributed by atoms with Crippen LogP contribution >= 0.6 is 0 Å². The summed E-state index contributed by atoms with van der Waals surface area (Å²) in [6.45, 7) is 2.95. The second-order valence-electron chi connectivity index (χ2n) is 4.93. The number of aromatic nitrogens is 1. The summed E-state index contributed by atoms with van der Waals surface area (Å²) in [6.07, 6.45) is 1.78. The molecule has 0 bridgehead atoms. The van der Waals surface area contributed by atoms with Crippen molar-refractivity contribution in [3.8, 4) is 0 Å². The number of benzene rings is 1. The van der Waals surface area contributed by atoms with E-state index in [0.717, 1.165) is 16.5 Å². The monoisotopic (exact) mass is 258 g/mol. The Bertz CT molecular complexity index is 578. The van der Waals surface area contributed by atoms with Gasteiger partial charge in [0.15, 0.2) is 0 Å². The highest BCUT2D eigenvalue weighted by Gasteiger charge is 2.14. The van der Waals surface area contributed by atoms with Gasteiger partial charge in [-0.2, -0.15) is 0 Å². The number of pyridine rings is 1. The number of carbonyl (C=O) groups is 1. The molecule has 1 aromatic heterocycles. The van der Waals surface area contributed by atoms with Gasteiger partial charge in [0.2, 0.25) is 0 Å². The Morgan fingerprint density at radius 1 is 1.37 bits per heavy atom. The Kier molecular flexibility index (Phi) is 4.12. The van der Waals surface area contributed by atoms with E-state index in [2.05, 4.69) is 4.98 Å². The maximum absolute atomic E-state index is 10.9. The van der Waals surface area contributed by atoms with Crippen molar-refractivity contribution in [3.63, 3.8) is 0 Å². The fraction of sp³-hybridized carbons (Fsp3) is 0.333. The summed E-state index contributed by atoms with van der Waals surface area (Å²) in [5.74, 6) is -1.13. The molecule has 1 N–H and O–H groups in total. The molecule has 1 heterocycles. The van der Waals surface area contributed by atoms with Crippen LogP contribution in [0, 0.1) is 5.92 Å².